The van der Waals surface area contributed by atoms with Crippen molar-refractivity contribution in [2.45, 2.75) is 81.1 Å². The highest BCUT2D eigenvalue weighted by Crippen LogP contribution is 2.42. The maximum Gasteiger partial charge on any atom is -0.0328 e. The van der Waals surface area contributed by atoms with Crippen molar-refractivity contribution in [3.63, 3.8) is 0 Å². The van der Waals surface area contributed by atoms with Gasteiger partial charge >= 0.3 is 0 Å². The fourth-order valence-corrected chi connectivity index (χ4v) is 1.13. The van der Waals surface area contributed by atoms with Crippen molar-refractivity contribution in [3.8, 4) is 0 Å². The van der Waals surface area contributed by atoms with E-state index in [1.54, 1.807) is 0 Å². The van der Waals surface area contributed by atoms with Gasteiger partial charge < -0.3 is 0 Å². The predicted octanol–water partition coefficient (Wildman–Crippen LogP) is 6.47. The third kappa shape index (κ3) is 19.3. The zero-order valence-corrected chi connectivity index (χ0v) is 13.2. The molecule has 0 unspecified atom stereocenters. The minimum Gasteiger partial charge on any atom is -0.106 e. The van der Waals surface area contributed by atoms with Gasteiger partial charge in [0.15, 0.2) is 0 Å². The molecule has 1 fully saturated rings. The van der Waals surface area contributed by atoms with Gasteiger partial charge in [-0.3, -0.25) is 0 Å². The third-order valence-electron chi connectivity index (χ3n) is 2.41. The first kappa shape index (κ1) is 21.1. The maximum atomic E-state index is 3.00. The van der Waals surface area contributed by atoms with E-state index >= 15 is 0 Å². The van der Waals surface area contributed by atoms with Crippen molar-refractivity contribution >= 4 is 0 Å². The van der Waals surface area contributed by atoms with Gasteiger partial charge in [0.05, 0.1) is 0 Å². The summed E-state index contributed by atoms with van der Waals surface area (Å²) in [5.41, 5.74) is 1.26. The molecule has 0 radical (unpaired) electrons. The van der Waals surface area contributed by atoms with Crippen molar-refractivity contribution in [3.05, 3.63) is 13.2 Å². The molecular weight excluding hydrogens is 192 g/mol. The topological polar surface area (TPSA) is 0 Å². The van der Waals surface area contributed by atoms with Gasteiger partial charge in [-0.05, 0) is 23.7 Å². The molecule has 0 bridgehead atoms. The Morgan fingerprint density at radius 3 is 1.25 bits per heavy atom. The van der Waals surface area contributed by atoms with Crippen LogP contribution in [0.4, 0.5) is 0 Å². The Balaban J connectivity index is -0.000000167. The lowest BCUT2D eigenvalue weighted by Crippen LogP contribution is -2.23. The van der Waals surface area contributed by atoms with Gasteiger partial charge in [-0.25, -0.2) is 0 Å². The molecule has 1 aliphatic rings. The molecule has 1 rings (SSSR count). The van der Waals surface area contributed by atoms with E-state index in [9.17, 15) is 0 Å². The molecule has 0 amide bonds. The number of hydrogen-bond acceptors (Lipinski definition) is 0. The van der Waals surface area contributed by atoms with Gasteiger partial charge in [-0.15, -0.1) is 13.2 Å². The molecule has 0 spiro atoms. The van der Waals surface area contributed by atoms with E-state index in [4.69, 9.17) is 0 Å². The smallest absolute Gasteiger partial charge is 0.0328 e. The molecule has 0 atom stereocenters. The van der Waals surface area contributed by atoms with E-state index in [-0.39, 0.29) is 0 Å². The third-order valence-corrected chi connectivity index (χ3v) is 2.41. The quantitative estimate of drug-likeness (QED) is 0.451. The summed E-state index contributed by atoms with van der Waals surface area (Å²) in [5.74, 6) is 0. The van der Waals surface area contributed by atoms with Crippen LogP contribution in [0.3, 0.4) is 0 Å². The molecule has 1 aliphatic carbocycles. The number of hydrogen-bond donors (Lipinski definition) is 0. The van der Waals surface area contributed by atoms with E-state index < -0.39 is 0 Å². The Kier molecular flexibility index (Phi) is 14.8. The van der Waals surface area contributed by atoms with Crippen LogP contribution in [0.15, 0.2) is 13.2 Å². The lowest BCUT2D eigenvalue weighted by molar-refractivity contribution is 0.155. The Hall–Kier alpha value is -0.260. The van der Waals surface area contributed by atoms with E-state index in [0.29, 0.717) is 5.41 Å². The van der Waals surface area contributed by atoms with Crippen LogP contribution in [-0.2, 0) is 0 Å². The van der Waals surface area contributed by atoms with Crippen molar-refractivity contribution in [2.75, 3.05) is 0 Å². The van der Waals surface area contributed by atoms with Crippen LogP contribution in [0.2, 0.25) is 0 Å². The Bertz CT molecular complexity index is 112. The normalized spacial score (nSPS) is 16.0. The summed E-state index contributed by atoms with van der Waals surface area (Å²) in [7, 11) is 0. The van der Waals surface area contributed by atoms with Gasteiger partial charge in [0, 0.05) is 0 Å². The molecule has 16 heavy (non-hydrogen) atoms. The van der Waals surface area contributed by atoms with Crippen molar-refractivity contribution in [1.82, 2.24) is 0 Å². The highest BCUT2D eigenvalue weighted by Gasteiger charge is 2.28. The summed E-state index contributed by atoms with van der Waals surface area (Å²) in [5, 5.41) is 0. The highest BCUT2D eigenvalue weighted by molar-refractivity contribution is 4.81. The van der Waals surface area contributed by atoms with Gasteiger partial charge in [0.1, 0.15) is 0 Å². The lowest BCUT2D eigenvalue weighted by Gasteiger charge is -2.37. The molecule has 0 aromatic heterocycles. The fraction of sp³-hybridized carbons (Fsp3) is 0.875. The highest BCUT2D eigenvalue weighted by atomic mass is 14.3. The van der Waals surface area contributed by atoms with Gasteiger partial charge in [-0.2, -0.15) is 0 Å². The van der Waals surface area contributed by atoms with E-state index in [0.717, 1.165) is 5.41 Å². The Morgan fingerprint density at radius 1 is 1.00 bits per heavy atom. The second-order valence-electron chi connectivity index (χ2n) is 6.02. The van der Waals surface area contributed by atoms with Crippen molar-refractivity contribution < 1.29 is 0 Å². The fourth-order valence-electron chi connectivity index (χ4n) is 1.13. The molecule has 100 valence electrons. The zero-order valence-electron chi connectivity index (χ0n) is 13.2. The first-order valence-corrected chi connectivity index (χ1v) is 6.77. The van der Waals surface area contributed by atoms with Crippen molar-refractivity contribution in [2.24, 2.45) is 10.8 Å². The first-order valence-electron chi connectivity index (χ1n) is 6.77. The SMILES string of the molecule is C=C.CC.CC(C)(C)C.CCC1(C)CCC1. The van der Waals surface area contributed by atoms with Crippen molar-refractivity contribution in [1.29, 1.82) is 0 Å². The summed E-state index contributed by atoms with van der Waals surface area (Å²) in [6, 6.07) is 0. The maximum absolute atomic E-state index is 3.00. The van der Waals surface area contributed by atoms with Crippen LogP contribution in [0.25, 0.3) is 0 Å². The first-order chi connectivity index (χ1) is 7.27. The second-order valence-corrected chi connectivity index (χ2v) is 6.02. The van der Waals surface area contributed by atoms with E-state index in [1.807, 2.05) is 13.8 Å². The molecular formula is C16H36. The molecule has 0 heteroatoms. The van der Waals surface area contributed by atoms with Gasteiger partial charge in [-0.1, -0.05) is 68.2 Å². The van der Waals surface area contributed by atoms with Crippen LogP contribution >= 0.6 is 0 Å². The lowest BCUT2D eigenvalue weighted by atomic mass is 9.69. The molecule has 0 aromatic rings. The van der Waals surface area contributed by atoms with Gasteiger partial charge in [0.2, 0.25) is 0 Å². The molecule has 0 aromatic carbocycles. The summed E-state index contributed by atoms with van der Waals surface area (Å²) < 4.78 is 0. The zero-order chi connectivity index (χ0) is 13.8. The Morgan fingerprint density at radius 2 is 1.25 bits per heavy atom. The van der Waals surface area contributed by atoms with Crippen LogP contribution in [0.5, 0.6) is 0 Å². The van der Waals surface area contributed by atoms with E-state index in [1.165, 1.54) is 25.7 Å². The minimum absolute atomic E-state index is 0.500. The Labute approximate surface area is 106 Å². The average molecular weight is 228 g/mol. The molecule has 0 N–H and O–H groups in total. The average Bonchev–Trinajstić information content (AvgIpc) is 2.18. The van der Waals surface area contributed by atoms with Gasteiger partial charge in [0.25, 0.3) is 0 Å². The summed E-state index contributed by atoms with van der Waals surface area (Å²) in [6.45, 7) is 23.4. The number of rotatable bonds is 1. The predicted molar refractivity (Wildman–Crippen MR) is 80.0 cm³/mol. The minimum atomic E-state index is 0.500. The standard InChI is InChI=1S/C7H14.C5H12.C2H6.C2H4/c1-3-7(2)5-4-6-7;1-5(2,3)4;2*1-2/h3-6H2,1-2H3;1-4H3;1-2H3;1-2H2. The summed E-state index contributed by atoms with van der Waals surface area (Å²) in [4.78, 5) is 0. The second kappa shape index (κ2) is 11.2. The largest absolute Gasteiger partial charge is 0.106 e. The molecule has 1 saturated carbocycles. The van der Waals surface area contributed by atoms with Crippen LogP contribution in [0, 0.1) is 10.8 Å². The van der Waals surface area contributed by atoms with Crippen LogP contribution < -0.4 is 0 Å². The monoisotopic (exact) mass is 228 g/mol. The molecule has 0 nitrogen and oxygen atoms in total. The van der Waals surface area contributed by atoms with Crippen LogP contribution in [0.1, 0.15) is 81.1 Å². The summed E-state index contributed by atoms with van der Waals surface area (Å²) >= 11 is 0. The summed E-state index contributed by atoms with van der Waals surface area (Å²) in [6.07, 6.45) is 5.81. The van der Waals surface area contributed by atoms with E-state index in [2.05, 4.69) is 54.7 Å². The van der Waals surface area contributed by atoms with Crippen LogP contribution in [-0.4, -0.2) is 0 Å². The molecule has 0 aliphatic heterocycles. The molecule has 0 saturated heterocycles. The molecule has 0 heterocycles.